The number of aliphatic hydroxyl groups excluding tert-OH is 1. The second-order valence-corrected chi connectivity index (χ2v) is 3.59. The van der Waals surface area contributed by atoms with Crippen molar-refractivity contribution < 1.29 is 5.11 Å². The minimum absolute atomic E-state index is 0.313. The van der Waals surface area contributed by atoms with Crippen molar-refractivity contribution in [3.05, 3.63) is 24.3 Å². The van der Waals surface area contributed by atoms with Crippen molar-refractivity contribution in [3.63, 3.8) is 0 Å². The molecule has 2 atom stereocenters. The number of hydrogen-bond acceptors (Lipinski definition) is 1. The van der Waals surface area contributed by atoms with Gasteiger partial charge in [0, 0.05) is 0 Å². The van der Waals surface area contributed by atoms with E-state index in [1.54, 1.807) is 0 Å². The Kier molecular flexibility index (Phi) is 2.50. The van der Waals surface area contributed by atoms with Crippen LogP contribution in [0.1, 0.15) is 20.3 Å². The van der Waals surface area contributed by atoms with Crippen LogP contribution in [0.4, 0.5) is 0 Å². The van der Waals surface area contributed by atoms with Gasteiger partial charge in [-0.2, -0.15) is 0 Å². The van der Waals surface area contributed by atoms with Crippen molar-refractivity contribution in [2.75, 3.05) is 0 Å². The molecule has 1 N–H and O–H groups in total. The Morgan fingerprint density at radius 2 is 2.27 bits per heavy atom. The van der Waals surface area contributed by atoms with Crippen LogP contribution in [0.25, 0.3) is 0 Å². The zero-order chi connectivity index (χ0) is 8.43. The van der Waals surface area contributed by atoms with Crippen LogP contribution in [0, 0.1) is 11.8 Å². The summed E-state index contributed by atoms with van der Waals surface area (Å²) in [6, 6.07) is 0. The molecule has 1 heteroatoms. The van der Waals surface area contributed by atoms with Crippen molar-refractivity contribution in [1.82, 2.24) is 0 Å². The lowest BCUT2D eigenvalue weighted by Crippen LogP contribution is -2.20. The molecule has 1 rings (SSSR count). The van der Waals surface area contributed by atoms with Crippen LogP contribution < -0.4 is 0 Å². The van der Waals surface area contributed by atoms with Gasteiger partial charge >= 0.3 is 0 Å². The van der Waals surface area contributed by atoms with Gasteiger partial charge in [0.05, 0.1) is 6.10 Å². The van der Waals surface area contributed by atoms with Gasteiger partial charge < -0.3 is 5.11 Å². The third-order valence-corrected chi connectivity index (χ3v) is 2.34. The molecule has 0 amide bonds. The summed E-state index contributed by atoms with van der Waals surface area (Å²) in [4.78, 5) is 0. The average Bonchev–Trinajstić information content (AvgIpc) is 1.94. The molecule has 0 unspecified atom stereocenters. The Labute approximate surface area is 68.4 Å². The fraction of sp³-hybridized carbons (Fsp3) is 0.600. The Balaban J connectivity index is 2.63. The van der Waals surface area contributed by atoms with Gasteiger partial charge in [0.25, 0.3) is 0 Å². The van der Waals surface area contributed by atoms with E-state index in [9.17, 15) is 5.11 Å². The van der Waals surface area contributed by atoms with Gasteiger partial charge in [-0.25, -0.2) is 0 Å². The molecule has 0 aliphatic heterocycles. The predicted molar refractivity (Wildman–Crippen MR) is 47.2 cm³/mol. The molecule has 62 valence electrons. The molecule has 1 aliphatic carbocycles. The second-order valence-electron chi connectivity index (χ2n) is 3.59. The Morgan fingerprint density at radius 1 is 1.64 bits per heavy atom. The molecule has 0 saturated heterocycles. The molecule has 0 heterocycles. The van der Waals surface area contributed by atoms with E-state index in [1.807, 2.05) is 6.08 Å². The van der Waals surface area contributed by atoms with Gasteiger partial charge in [0.15, 0.2) is 0 Å². The molecule has 0 spiro atoms. The van der Waals surface area contributed by atoms with Gasteiger partial charge in [-0.3, -0.25) is 0 Å². The Hall–Kier alpha value is -0.560. The summed E-state index contributed by atoms with van der Waals surface area (Å²) in [5.74, 6) is 1.14. The topological polar surface area (TPSA) is 20.2 Å². The van der Waals surface area contributed by atoms with Gasteiger partial charge in [0.2, 0.25) is 0 Å². The number of hydrogen-bond donors (Lipinski definition) is 1. The lowest BCUT2D eigenvalue weighted by Gasteiger charge is -2.25. The summed E-state index contributed by atoms with van der Waals surface area (Å²) < 4.78 is 0. The van der Waals surface area contributed by atoms with Crippen molar-refractivity contribution in [1.29, 1.82) is 0 Å². The maximum atomic E-state index is 9.45. The average molecular weight is 152 g/mol. The zero-order valence-electron chi connectivity index (χ0n) is 7.25. The normalized spacial score (nSPS) is 31.5. The summed E-state index contributed by atoms with van der Waals surface area (Å²) in [5, 5.41) is 9.45. The van der Waals surface area contributed by atoms with E-state index in [0.717, 1.165) is 12.0 Å². The molecule has 0 aromatic heterocycles. The highest BCUT2D eigenvalue weighted by Gasteiger charge is 2.20. The van der Waals surface area contributed by atoms with E-state index in [1.165, 1.54) is 0 Å². The highest BCUT2D eigenvalue weighted by Crippen LogP contribution is 2.26. The van der Waals surface area contributed by atoms with Crippen molar-refractivity contribution in [3.8, 4) is 0 Å². The highest BCUT2D eigenvalue weighted by molar-refractivity contribution is 5.23. The molecule has 0 aromatic rings. The Morgan fingerprint density at radius 3 is 2.73 bits per heavy atom. The molecule has 0 fully saturated rings. The number of rotatable bonds is 1. The minimum Gasteiger partial charge on any atom is -0.388 e. The van der Waals surface area contributed by atoms with Crippen LogP contribution in [0.5, 0.6) is 0 Å². The van der Waals surface area contributed by atoms with Gasteiger partial charge in [-0.1, -0.05) is 32.6 Å². The van der Waals surface area contributed by atoms with E-state index in [-0.39, 0.29) is 6.10 Å². The molecule has 0 radical (unpaired) electrons. The summed E-state index contributed by atoms with van der Waals surface area (Å²) in [6.07, 6.45) is 4.62. The predicted octanol–water partition coefficient (Wildman–Crippen LogP) is 2.14. The molecular weight excluding hydrogens is 136 g/mol. The third kappa shape index (κ3) is 1.93. The third-order valence-electron chi connectivity index (χ3n) is 2.34. The van der Waals surface area contributed by atoms with E-state index in [4.69, 9.17) is 0 Å². The van der Waals surface area contributed by atoms with E-state index >= 15 is 0 Å². The van der Waals surface area contributed by atoms with E-state index in [2.05, 4.69) is 26.5 Å². The molecule has 0 saturated carbocycles. The van der Waals surface area contributed by atoms with Crippen LogP contribution in [0.2, 0.25) is 0 Å². The monoisotopic (exact) mass is 152 g/mol. The first-order valence-electron chi connectivity index (χ1n) is 4.16. The quantitative estimate of drug-likeness (QED) is 0.610. The first-order valence-corrected chi connectivity index (χ1v) is 4.16. The fourth-order valence-corrected chi connectivity index (χ4v) is 1.34. The maximum Gasteiger partial charge on any atom is 0.0790 e. The Bertz CT molecular complexity index is 179. The summed E-state index contributed by atoms with van der Waals surface area (Å²) in [7, 11) is 0. The molecule has 1 aliphatic rings. The molecule has 11 heavy (non-hydrogen) atoms. The van der Waals surface area contributed by atoms with Crippen molar-refractivity contribution >= 4 is 0 Å². The smallest absolute Gasteiger partial charge is 0.0790 e. The zero-order valence-corrected chi connectivity index (χ0v) is 7.25. The summed E-state index contributed by atoms with van der Waals surface area (Å²) in [6.45, 7) is 8.10. The van der Waals surface area contributed by atoms with Crippen LogP contribution >= 0.6 is 0 Å². The standard InChI is InChI=1S/C10H16O/c1-7(2)9-5-4-8(3)10(11)6-9/h4-5,7,9-11H,3,6H2,1-2H3/t9-,10+/m1/s1. The fourth-order valence-electron chi connectivity index (χ4n) is 1.34. The van der Waals surface area contributed by atoms with Gasteiger partial charge in [0.1, 0.15) is 0 Å². The van der Waals surface area contributed by atoms with E-state index < -0.39 is 0 Å². The molecule has 1 nitrogen and oxygen atoms in total. The summed E-state index contributed by atoms with van der Waals surface area (Å²) >= 11 is 0. The summed E-state index contributed by atoms with van der Waals surface area (Å²) in [5.41, 5.74) is 0.849. The molecule has 0 aromatic carbocycles. The number of aliphatic hydroxyl groups is 1. The second kappa shape index (κ2) is 3.22. The van der Waals surface area contributed by atoms with Crippen molar-refractivity contribution in [2.24, 2.45) is 11.8 Å². The van der Waals surface area contributed by atoms with Crippen LogP contribution in [0.15, 0.2) is 24.3 Å². The van der Waals surface area contributed by atoms with Crippen molar-refractivity contribution in [2.45, 2.75) is 26.4 Å². The lowest BCUT2D eigenvalue weighted by molar-refractivity contribution is 0.172. The van der Waals surface area contributed by atoms with Crippen LogP contribution in [-0.2, 0) is 0 Å². The van der Waals surface area contributed by atoms with Gasteiger partial charge in [-0.05, 0) is 23.8 Å². The van der Waals surface area contributed by atoms with Gasteiger partial charge in [-0.15, -0.1) is 0 Å². The minimum atomic E-state index is -0.313. The lowest BCUT2D eigenvalue weighted by atomic mass is 9.84. The molecular formula is C10H16O. The first kappa shape index (κ1) is 8.54. The van der Waals surface area contributed by atoms with Crippen LogP contribution in [-0.4, -0.2) is 11.2 Å². The first-order chi connectivity index (χ1) is 5.11. The molecule has 0 bridgehead atoms. The largest absolute Gasteiger partial charge is 0.388 e. The van der Waals surface area contributed by atoms with E-state index in [0.29, 0.717) is 11.8 Å². The number of allylic oxidation sites excluding steroid dienone is 1. The SMILES string of the molecule is C=C1C=C[C@@H](C(C)C)C[C@@H]1O. The van der Waals surface area contributed by atoms with Crippen LogP contribution in [0.3, 0.4) is 0 Å². The highest BCUT2D eigenvalue weighted by atomic mass is 16.3. The maximum absolute atomic E-state index is 9.45.